The number of halogens is 1. The van der Waals surface area contributed by atoms with Gasteiger partial charge in [0.15, 0.2) is 5.76 Å². The van der Waals surface area contributed by atoms with Crippen LogP contribution in [0.15, 0.2) is 88.6 Å². The van der Waals surface area contributed by atoms with Gasteiger partial charge in [-0.1, -0.05) is 46.3 Å². The molecule has 31 heavy (non-hydrogen) atoms. The Bertz CT molecular complexity index is 1220. The minimum atomic E-state index is -0.174. The van der Waals surface area contributed by atoms with E-state index in [1.165, 1.54) is 0 Å². The number of fused-ring (bicyclic) bond motifs is 2. The quantitative estimate of drug-likeness (QED) is 0.413. The molecule has 5 rings (SSSR count). The number of allylic oxidation sites excluding steroid dienone is 1. The summed E-state index contributed by atoms with van der Waals surface area (Å²) in [5.74, 6) is 2.15. The molecule has 3 aromatic rings. The molecule has 0 saturated carbocycles. The predicted molar refractivity (Wildman–Crippen MR) is 122 cm³/mol. The average molecular weight is 475 g/mol. The minimum Gasteiger partial charge on any atom is -0.489 e. The van der Waals surface area contributed by atoms with Gasteiger partial charge in [-0.05, 0) is 60.5 Å². The molecule has 0 aliphatic carbocycles. The number of hydrogen-bond acceptors (Lipinski definition) is 4. The number of hydrogen-bond donors (Lipinski definition) is 0. The number of ketones is 1. The van der Waals surface area contributed by atoms with E-state index in [9.17, 15) is 4.79 Å². The van der Waals surface area contributed by atoms with Crippen molar-refractivity contribution in [1.29, 1.82) is 0 Å². The van der Waals surface area contributed by atoms with E-state index in [0.29, 0.717) is 29.4 Å². The van der Waals surface area contributed by atoms with Gasteiger partial charge < -0.3 is 14.2 Å². The Kier molecular flexibility index (Phi) is 5.12. The summed E-state index contributed by atoms with van der Waals surface area (Å²) in [6.07, 6.45) is 3.63. The minimum absolute atomic E-state index is 0.138. The van der Waals surface area contributed by atoms with Gasteiger partial charge in [0.05, 0.1) is 5.56 Å². The second-order valence-electron chi connectivity index (χ2n) is 7.46. The molecule has 154 valence electrons. The second-order valence-corrected chi connectivity index (χ2v) is 8.37. The molecule has 0 aromatic heterocycles. The molecular weight excluding hydrogens is 456 g/mol. The van der Waals surface area contributed by atoms with Crippen LogP contribution in [-0.2, 0) is 6.61 Å². The maximum Gasteiger partial charge on any atom is 0.231 e. The molecule has 0 spiro atoms. The molecule has 0 bridgehead atoms. The standard InChI is InChI=1S/C26H19BrO4/c1-16-19(12-18-4-2-3-5-23(18)30-16)13-25-26(28)22-11-10-21(14-24(22)31-25)29-15-17-6-8-20(27)9-7-17/h2-14,16H,15H2,1H3/t16-/m0/s1. The zero-order chi connectivity index (χ0) is 21.4. The summed E-state index contributed by atoms with van der Waals surface area (Å²) in [7, 11) is 0. The van der Waals surface area contributed by atoms with E-state index < -0.39 is 0 Å². The van der Waals surface area contributed by atoms with Crippen molar-refractivity contribution in [3.8, 4) is 17.2 Å². The normalized spacial score (nSPS) is 18.0. The zero-order valence-corrected chi connectivity index (χ0v) is 18.4. The number of carbonyl (C=O) groups excluding carboxylic acids is 1. The number of rotatable bonds is 4. The fourth-order valence-corrected chi connectivity index (χ4v) is 3.84. The van der Waals surface area contributed by atoms with Crippen LogP contribution in [0.2, 0.25) is 0 Å². The highest BCUT2D eigenvalue weighted by Crippen LogP contribution is 2.36. The van der Waals surface area contributed by atoms with Crippen LogP contribution in [0.4, 0.5) is 0 Å². The van der Waals surface area contributed by atoms with Crippen molar-refractivity contribution in [2.75, 3.05) is 0 Å². The monoisotopic (exact) mass is 474 g/mol. The largest absolute Gasteiger partial charge is 0.489 e. The van der Waals surface area contributed by atoms with Gasteiger partial charge in [-0.2, -0.15) is 0 Å². The van der Waals surface area contributed by atoms with E-state index in [4.69, 9.17) is 14.2 Å². The van der Waals surface area contributed by atoms with E-state index in [0.717, 1.165) is 26.9 Å². The Labute approximate surface area is 188 Å². The Morgan fingerprint density at radius 1 is 1.03 bits per heavy atom. The van der Waals surface area contributed by atoms with Gasteiger partial charge in [0.2, 0.25) is 5.78 Å². The lowest BCUT2D eigenvalue weighted by Gasteiger charge is -2.22. The topological polar surface area (TPSA) is 44.8 Å². The lowest BCUT2D eigenvalue weighted by atomic mass is 10.0. The summed E-state index contributed by atoms with van der Waals surface area (Å²) < 4.78 is 18.8. The van der Waals surface area contributed by atoms with Crippen LogP contribution in [0.5, 0.6) is 17.2 Å². The number of para-hydroxylation sites is 1. The van der Waals surface area contributed by atoms with Crippen molar-refractivity contribution in [2.45, 2.75) is 19.6 Å². The van der Waals surface area contributed by atoms with Crippen LogP contribution in [0.1, 0.15) is 28.4 Å². The van der Waals surface area contributed by atoms with Crippen LogP contribution in [0.3, 0.4) is 0 Å². The highest BCUT2D eigenvalue weighted by Gasteiger charge is 2.29. The summed E-state index contributed by atoms with van der Waals surface area (Å²) in [6.45, 7) is 2.39. The molecule has 0 amide bonds. The van der Waals surface area contributed by atoms with E-state index in [1.807, 2.05) is 61.5 Å². The first-order valence-electron chi connectivity index (χ1n) is 10.00. The Morgan fingerprint density at radius 2 is 1.84 bits per heavy atom. The summed E-state index contributed by atoms with van der Waals surface area (Å²) >= 11 is 3.43. The molecule has 1 atom stereocenters. The molecule has 2 heterocycles. The number of Topliss-reactive ketones (excluding diaryl/α,β-unsaturated/α-hetero) is 1. The van der Waals surface area contributed by atoms with Crippen molar-refractivity contribution >= 4 is 27.8 Å². The third-order valence-corrected chi connectivity index (χ3v) is 5.80. The molecule has 2 aliphatic rings. The Hall–Kier alpha value is -3.31. The lowest BCUT2D eigenvalue weighted by molar-refractivity contribution is 0.101. The third kappa shape index (κ3) is 4.01. The van der Waals surface area contributed by atoms with E-state index in [1.54, 1.807) is 24.3 Å². The fraction of sp³-hybridized carbons (Fsp3) is 0.115. The van der Waals surface area contributed by atoms with Crippen LogP contribution >= 0.6 is 15.9 Å². The van der Waals surface area contributed by atoms with Gasteiger partial charge in [0.25, 0.3) is 0 Å². The van der Waals surface area contributed by atoms with Crippen LogP contribution < -0.4 is 14.2 Å². The number of carbonyl (C=O) groups is 1. The van der Waals surface area contributed by atoms with Crippen molar-refractivity contribution in [3.63, 3.8) is 0 Å². The number of ether oxygens (including phenoxy) is 3. The second kappa shape index (κ2) is 8.08. The van der Waals surface area contributed by atoms with Crippen molar-refractivity contribution in [2.24, 2.45) is 0 Å². The van der Waals surface area contributed by atoms with Crippen molar-refractivity contribution in [3.05, 3.63) is 105 Å². The first-order chi connectivity index (χ1) is 15.1. The van der Waals surface area contributed by atoms with E-state index >= 15 is 0 Å². The van der Waals surface area contributed by atoms with E-state index in [2.05, 4.69) is 15.9 Å². The summed E-state index contributed by atoms with van der Waals surface area (Å²) in [5, 5.41) is 0. The molecule has 0 N–H and O–H groups in total. The number of benzene rings is 3. The highest BCUT2D eigenvalue weighted by atomic mass is 79.9. The highest BCUT2D eigenvalue weighted by molar-refractivity contribution is 9.10. The molecule has 0 saturated heterocycles. The SMILES string of the molecule is C[C@@H]1Oc2ccccc2C=C1C=C1Oc2cc(OCc3ccc(Br)cc3)ccc2C1=O. The molecule has 0 radical (unpaired) electrons. The summed E-state index contributed by atoms with van der Waals surface area (Å²) in [5.41, 5.74) is 3.47. The van der Waals surface area contributed by atoms with Gasteiger partial charge in [-0.15, -0.1) is 0 Å². The van der Waals surface area contributed by atoms with Gasteiger partial charge >= 0.3 is 0 Å². The molecule has 4 nitrogen and oxygen atoms in total. The Balaban J connectivity index is 1.35. The maximum absolute atomic E-state index is 12.8. The molecule has 0 unspecified atom stereocenters. The molecule has 3 aromatic carbocycles. The van der Waals surface area contributed by atoms with E-state index in [-0.39, 0.29) is 11.9 Å². The summed E-state index contributed by atoms with van der Waals surface area (Å²) in [6, 6.07) is 21.1. The lowest BCUT2D eigenvalue weighted by Crippen LogP contribution is -2.18. The smallest absolute Gasteiger partial charge is 0.231 e. The van der Waals surface area contributed by atoms with Crippen LogP contribution in [0, 0.1) is 0 Å². The van der Waals surface area contributed by atoms with Gasteiger partial charge in [0.1, 0.15) is 30.0 Å². The average Bonchev–Trinajstić information content (AvgIpc) is 3.08. The first kappa shape index (κ1) is 19.6. The molecule has 0 fully saturated rings. The predicted octanol–water partition coefficient (Wildman–Crippen LogP) is 6.35. The summed E-state index contributed by atoms with van der Waals surface area (Å²) in [4.78, 5) is 12.8. The third-order valence-electron chi connectivity index (χ3n) is 5.27. The van der Waals surface area contributed by atoms with Gasteiger partial charge in [-0.3, -0.25) is 4.79 Å². The molecular formula is C26H19BrO4. The van der Waals surface area contributed by atoms with Crippen LogP contribution in [0.25, 0.3) is 6.08 Å². The van der Waals surface area contributed by atoms with Gasteiger partial charge in [0, 0.05) is 16.1 Å². The fourth-order valence-electron chi connectivity index (χ4n) is 3.58. The Morgan fingerprint density at radius 3 is 2.68 bits per heavy atom. The molecule has 5 heteroatoms. The zero-order valence-electron chi connectivity index (χ0n) is 16.8. The molecule has 2 aliphatic heterocycles. The van der Waals surface area contributed by atoms with Crippen molar-refractivity contribution < 1.29 is 19.0 Å². The van der Waals surface area contributed by atoms with Crippen molar-refractivity contribution in [1.82, 2.24) is 0 Å². The van der Waals surface area contributed by atoms with Gasteiger partial charge in [-0.25, -0.2) is 0 Å². The van der Waals surface area contributed by atoms with Crippen LogP contribution in [-0.4, -0.2) is 11.9 Å². The maximum atomic E-state index is 12.8. The first-order valence-corrected chi connectivity index (χ1v) is 10.8.